The second-order valence-corrected chi connectivity index (χ2v) is 6.01. The number of carboxylic acid groups (broad SMARTS) is 1. The molecule has 0 heterocycles. The van der Waals surface area contributed by atoms with E-state index in [1.54, 1.807) is 30.3 Å². The molecule has 4 N–H and O–H groups in total. The van der Waals surface area contributed by atoms with Crippen LogP contribution < -0.4 is 11.1 Å². The van der Waals surface area contributed by atoms with Crippen molar-refractivity contribution in [3.63, 3.8) is 0 Å². The van der Waals surface area contributed by atoms with Crippen LogP contribution in [0.3, 0.4) is 0 Å². The van der Waals surface area contributed by atoms with Crippen molar-refractivity contribution < 1.29 is 19.1 Å². The topological polar surface area (TPSA) is 92.4 Å². The summed E-state index contributed by atoms with van der Waals surface area (Å²) in [5, 5.41) is 11.6. The molecule has 2 aromatic carbocycles. The van der Waals surface area contributed by atoms with Crippen molar-refractivity contribution in [1.29, 1.82) is 0 Å². The highest BCUT2D eigenvalue weighted by atomic mass is 19.1. The van der Waals surface area contributed by atoms with Gasteiger partial charge in [0.2, 0.25) is 5.91 Å². The summed E-state index contributed by atoms with van der Waals surface area (Å²) in [5.74, 6) is -1.03. The summed E-state index contributed by atoms with van der Waals surface area (Å²) >= 11 is 0. The number of primary amides is 1. The summed E-state index contributed by atoms with van der Waals surface area (Å²) in [6.45, 7) is 0. The fourth-order valence-electron chi connectivity index (χ4n) is 3.11. The summed E-state index contributed by atoms with van der Waals surface area (Å²) in [6.07, 6.45) is 1.15. The van der Waals surface area contributed by atoms with Crippen LogP contribution in [0.5, 0.6) is 0 Å². The number of hydrogen-bond donors (Lipinski definition) is 3. The first-order valence-electron chi connectivity index (χ1n) is 7.63. The Bertz CT molecular complexity index is 816. The molecule has 0 bridgehead atoms. The van der Waals surface area contributed by atoms with Gasteiger partial charge in [0.15, 0.2) is 0 Å². The van der Waals surface area contributed by atoms with Crippen LogP contribution >= 0.6 is 0 Å². The average Bonchev–Trinajstić information content (AvgIpc) is 2.51. The van der Waals surface area contributed by atoms with Gasteiger partial charge in [-0.3, -0.25) is 4.79 Å². The van der Waals surface area contributed by atoms with Crippen molar-refractivity contribution in [1.82, 2.24) is 5.32 Å². The van der Waals surface area contributed by atoms with Crippen LogP contribution in [0.4, 0.5) is 9.18 Å². The number of hydrogen-bond acceptors (Lipinski definition) is 2. The van der Waals surface area contributed by atoms with E-state index in [9.17, 15) is 14.0 Å². The molecule has 24 heavy (non-hydrogen) atoms. The summed E-state index contributed by atoms with van der Waals surface area (Å²) in [7, 11) is 0. The molecule has 1 fully saturated rings. The molecule has 0 saturated heterocycles. The molecule has 0 atom stereocenters. The van der Waals surface area contributed by atoms with Crippen molar-refractivity contribution in [2.24, 2.45) is 5.73 Å². The van der Waals surface area contributed by atoms with Crippen LogP contribution in [0.2, 0.25) is 0 Å². The Labute approximate surface area is 138 Å². The van der Waals surface area contributed by atoms with E-state index >= 15 is 0 Å². The number of rotatable bonds is 4. The molecule has 0 aromatic heterocycles. The lowest BCUT2D eigenvalue weighted by Crippen LogP contribution is -2.50. The SMILES string of the molecule is NC(=O)c1cccc(-c2cc(C3(NC(=O)O)CCC3)ccc2F)c1. The van der Waals surface area contributed by atoms with Crippen LogP contribution in [0, 0.1) is 5.82 Å². The Kier molecular flexibility index (Phi) is 3.97. The highest BCUT2D eigenvalue weighted by Crippen LogP contribution is 2.42. The molecule has 1 saturated carbocycles. The smallest absolute Gasteiger partial charge is 0.405 e. The third-order valence-corrected chi connectivity index (χ3v) is 4.53. The molecular formula is C18H17FN2O3. The van der Waals surface area contributed by atoms with E-state index in [2.05, 4.69) is 5.32 Å². The molecule has 1 aliphatic rings. The molecule has 0 aliphatic heterocycles. The minimum Gasteiger partial charge on any atom is -0.465 e. The second kappa shape index (κ2) is 5.96. The van der Waals surface area contributed by atoms with Crippen molar-refractivity contribution in [2.75, 3.05) is 0 Å². The maximum Gasteiger partial charge on any atom is 0.405 e. The van der Waals surface area contributed by atoms with Gasteiger partial charge in [0.1, 0.15) is 5.82 Å². The predicted octanol–water partition coefficient (Wildman–Crippen LogP) is 3.24. The third-order valence-electron chi connectivity index (χ3n) is 4.53. The fraction of sp³-hybridized carbons (Fsp3) is 0.222. The lowest BCUT2D eigenvalue weighted by molar-refractivity contribution is 0.1000. The van der Waals surface area contributed by atoms with Crippen LogP contribution in [0.1, 0.15) is 35.2 Å². The van der Waals surface area contributed by atoms with Gasteiger partial charge in [0, 0.05) is 11.1 Å². The molecule has 1 aliphatic carbocycles. The number of amides is 2. The zero-order chi connectivity index (χ0) is 17.3. The molecule has 2 aromatic rings. The Morgan fingerprint density at radius 2 is 1.92 bits per heavy atom. The standard InChI is InChI=1S/C18H17FN2O3/c19-15-6-5-13(18(7-2-8-18)21-17(23)24)10-14(15)11-3-1-4-12(9-11)16(20)22/h1,3-6,9-10,21H,2,7-8H2,(H2,20,22)(H,23,24). The van der Waals surface area contributed by atoms with E-state index in [1.807, 2.05) is 0 Å². The molecule has 0 spiro atoms. The quantitative estimate of drug-likeness (QED) is 0.804. The van der Waals surface area contributed by atoms with Crippen molar-refractivity contribution in [2.45, 2.75) is 24.8 Å². The molecule has 6 heteroatoms. The van der Waals surface area contributed by atoms with Gasteiger partial charge in [0.25, 0.3) is 0 Å². The van der Waals surface area contributed by atoms with Gasteiger partial charge in [0.05, 0.1) is 5.54 Å². The van der Waals surface area contributed by atoms with Crippen molar-refractivity contribution in [3.8, 4) is 11.1 Å². The number of carbonyl (C=O) groups excluding carboxylic acids is 1. The van der Waals surface area contributed by atoms with Gasteiger partial charge in [-0.1, -0.05) is 18.2 Å². The van der Waals surface area contributed by atoms with E-state index < -0.39 is 23.4 Å². The lowest BCUT2D eigenvalue weighted by atomic mass is 9.71. The van der Waals surface area contributed by atoms with E-state index in [1.165, 1.54) is 12.1 Å². The first-order chi connectivity index (χ1) is 11.4. The van der Waals surface area contributed by atoms with Crippen LogP contribution in [-0.4, -0.2) is 17.1 Å². The summed E-state index contributed by atoms with van der Waals surface area (Å²) in [6, 6.07) is 11.0. The fourth-order valence-corrected chi connectivity index (χ4v) is 3.11. The largest absolute Gasteiger partial charge is 0.465 e. The predicted molar refractivity (Wildman–Crippen MR) is 87.0 cm³/mol. The second-order valence-electron chi connectivity index (χ2n) is 6.01. The summed E-state index contributed by atoms with van der Waals surface area (Å²) in [5.41, 5.74) is 6.45. The first kappa shape index (κ1) is 16.0. The van der Waals surface area contributed by atoms with Gasteiger partial charge in [-0.2, -0.15) is 0 Å². The molecule has 5 nitrogen and oxygen atoms in total. The summed E-state index contributed by atoms with van der Waals surface area (Å²) in [4.78, 5) is 22.4. The Balaban J connectivity index is 2.05. The van der Waals surface area contributed by atoms with Crippen LogP contribution in [0.25, 0.3) is 11.1 Å². The number of nitrogens with one attached hydrogen (secondary N) is 1. The first-order valence-corrected chi connectivity index (χ1v) is 7.63. The minimum absolute atomic E-state index is 0.291. The number of nitrogens with two attached hydrogens (primary N) is 1. The Morgan fingerprint density at radius 1 is 1.17 bits per heavy atom. The highest BCUT2D eigenvalue weighted by Gasteiger charge is 2.40. The van der Waals surface area contributed by atoms with E-state index in [0.717, 1.165) is 12.0 Å². The molecule has 0 unspecified atom stereocenters. The lowest BCUT2D eigenvalue weighted by Gasteiger charge is -2.42. The molecular weight excluding hydrogens is 311 g/mol. The summed E-state index contributed by atoms with van der Waals surface area (Å²) < 4.78 is 14.3. The van der Waals surface area contributed by atoms with Crippen molar-refractivity contribution in [3.05, 3.63) is 59.4 Å². The average molecular weight is 328 g/mol. The maximum atomic E-state index is 14.3. The van der Waals surface area contributed by atoms with Crippen LogP contribution in [0.15, 0.2) is 42.5 Å². The minimum atomic E-state index is -1.10. The number of carbonyl (C=O) groups is 2. The van der Waals surface area contributed by atoms with E-state index in [4.69, 9.17) is 10.8 Å². The molecule has 0 radical (unpaired) electrons. The monoisotopic (exact) mass is 328 g/mol. The van der Waals surface area contributed by atoms with Gasteiger partial charge in [-0.25, -0.2) is 9.18 Å². The molecule has 3 rings (SSSR count). The number of halogens is 1. The molecule has 2 amide bonds. The maximum absolute atomic E-state index is 14.3. The normalized spacial score (nSPS) is 15.4. The van der Waals surface area contributed by atoms with E-state index in [-0.39, 0.29) is 0 Å². The van der Waals surface area contributed by atoms with Gasteiger partial charge in [-0.05, 0) is 54.7 Å². The highest BCUT2D eigenvalue weighted by molar-refractivity contribution is 5.94. The zero-order valence-electron chi connectivity index (χ0n) is 12.9. The third kappa shape index (κ3) is 2.82. The van der Waals surface area contributed by atoms with Gasteiger partial charge < -0.3 is 16.2 Å². The van der Waals surface area contributed by atoms with Gasteiger partial charge in [-0.15, -0.1) is 0 Å². The van der Waals surface area contributed by atoms with Gasteiger partial charge >= 0.3 is 6.09 Å². The molecule has 124 valence electrons. The Morgan fingerprint density at radius 3 is 2.50 bits per heavy atom. The zero-order valence-corrected chi connectivity index (χ0v) is 12.9. The van der Waals surface area contributed by atoms with E-state index in [0.29, 0.717) is 29.5 Å². The van der Waals surface area contributed by atoms with Crippen LogP contribution in [-0.2, 0) is 5.54 Å². The van der Waals surface area contributed by atoms with Crippen molar-refractivity contribution >= 4 is 12.0 Å². The number of benzene rings is 2. The Hall–Kier alpha value is -2.89.